The number of hydrogen-bond acceptors (Lipinski definition) is 6. The Labute approximate surface area is 189 Å². The van der Waals surface area contributed by atoms with E-state index in [4.69, 9.17) is 4.99 Å². The fourth-order valence-corrected chi connectivity index (χ4v) is 4.17. The Morgan fingerprint density at radius 1 is 1.09 bits per heavy atom. The monoisotopic (exact) mass is 445 g/mol. The standard InChI is InChI=1S/C22H35N7O3/c1-3-23-22(25-11-10-24-19-6-8-20(9-7-19)29(31)32)28-16-14-26(15-17-28)18(2)21(30)27-12-4-5-13-27/h6-9,18,24H,3-5,10-17H2,1-2H3,(H,23,25). The van der Waals surface area contributed by atoms with Crippen LogP contribution in [-0.2, 0) is 4.79 Å². The number of carbonyl (C=O) groups is 1. The van der Waals surface area contributed by atoms with Gasteiger partial charge in [-0.15, -0.1) is 0 Å². The van der Waals surface area contributed by atoms with Gasteiger partial charge in [0.1, 0.15) is 0 Å². The Morgan fingerprint density at radius 3 is 2.34 bits per heavy atom. The van der Waals surface area contributed by atoms with Gasteiger partial charge in [-0.3, -0.25) is 24.8 Å². The van der Waals surface area contributed by atoms with Crippen molar-refractivity contribution in [1.82, 2.24) is 20.0 Å². The van der Waals surface area contributed by atoms with Gasteiger partial charge < -0.3 is 20.4 Å². The number of rotatable bonds is 8. The number of likely N-dealkylation sites (tertiary alicyclic amines) is 1. The topological polar surface area (TPSA) is 106 Å². The van der Waals surface area contributed by atoms with Gasteiger partial charge in [-0.05, 0) is 38.8 Å². The third kappa shape index (κ3) is 6.32. The van der Waals surface area contributed by atoms with E-state index in [-0.39, 0.29) is 17.6 Å². The van der Waals surface area contributed by atoms with Gasteiger partial charge in [-0.25, -0.2) is 0 Å². The summed E-state index contributed by atoms with van der Waals surface area (Å²) in [5.74, 6) is 1.14. The van der Waals surface area contributed by atoms with Gasteiger partial charge in [0.2, 0.25) is 5.91 Å². The van der Waals surface area contributed by atoms with Crippen LogP contribution >= 0.6 is 0 Å². The first-order valence-corrected chi connectivity index (χ1v) is 11.5. The van der Waals surface area contributed by atoms with E-state index in [9.17, 15) is 14.9 Å². The van der Waals surface area contributed by atoms with Crippen molar-refractivity contribution in [2.75, 3.05) is 64.2 Å². The van der Waals surface area contributed by atoms with Crippen molar-refractivity contribution in [1.29, 1.82) is 0 Å². The molecule has 0 saturated carbocycles. The maximum Gasteiger partial charge on any atom is 0.269 e. The lowest BCUT2D eigenvalue weighted by molar-refractivity contribution is -0.384. The van der Waals surface area contributed by atoms with Crippen LogP contribution in [0.3, 0.4) is 0 Å². The van der Waals surface area contributed by atoms with Crippen LogP contribution < -0.4 is 10.6 Å². The van der Waals surface area contributed by atoms with Crippen LogP contribution in [0.1, 0.15) is 26.7 Å². The molecule has 2 N–H and O–H groups in total. The molecule has 2 aliphatic rings. The molecular formula is C22H35N7O3. The van der Waals surface area contributed by atoms with Crippen molar-refractivity contribution in [2.24, 2.45) is 4.99 Å². The van der Waals surface area contributed by atoms with Gasteiger partial charge in [0.05, 0.1) is 17.5 Å². The summed E-state index contributed by atoms with van der Waals surface area (Å²) in [6.45, 7) is 11.2. The molecule has 0 spiro atoms. The molecule has 3 rings (SSSR count). The molecule has 0 bridgehead atoms. The maximum absolute atomic E-state index is 12.7. The third-order valence-electron chi connectivity index (χ3n) is 6.05. The summed E-state index contributed by atoms with van der Waals surface area (Å²) in [5.41, 5.74) is 0.916. The number of guanidine groups is 1. The zero-order valence-electron chi connectivity index (χ0n) is 19.1. The summed E-state index contributed by atoms with van der Waals surface area (Å²) in [6.07, 6.45) is 2.24. The molecule has 32 heavy (non-hydrogen) atoms. The Bertz CT molecular complexity index is 785. The molecule has 1 atom stereocenters. The highest BCUT2D eigenvalue weighted by molar-refractivity contribution is 5.82. The normalized spacial score (nSPS) is 18.5. The fraction of sp³-hybridized carbons (Fsp3) is 0.636. The molecule has 1 unspecified atom stereocenters. The second kappa shape index (κ2) is 11.7. The molecule has 2 fully saturated rings. The lowest BCUT2D eigenvalue weighted by atomic mass is 10.2. The average Bonchev–Trinajstić information content (AvgIpc) is 3.35. The predicted molar refractivity (Wildman–Crippen MR) is 126 cm³/mol. The molecule has 0 radical (unpaired) electrons. The molecule has 1 aromatic rings. The van der Waals surface area contributed by atoms with Crippen LogP contribution in [0.25, 0.3) is 0 Å². The Balaban J connectivity index is 1.46. The number of piperazine rings is 1. The molecule has 10 heteroatoms. The van der Waals surface area contributed by atoms with Crippen molar-refractivity contribution >= 4 is 23.2 Å². The number of aliphatic imine (C=N–C) groups is 1. The lowest BCUT2D eigenvalue weighted by Crippen LogP contribution is -2.57. The Morgan fingerprint density at radius 2 is 1.75 bits per heavy atom. The minimum atomic E-state index is -0.403. The maximum atomic E-state index is 12.7. The number of nitrogens with zero attached hydrogens (tertiary/aromatic N) is 5. The van der Waals surface area contributed by atoms with E-state index >= 15 is 0 Å². The van der Waals surface area contributed by atoms with Gasteiger partial charge in [0, 0.05) is 70.2 Å². The molecule has 10 nitrogen and oxygen atoms in total. The van der Waals surface area contributed by atoms with Crippen LogP contribution in [0.4, 0.5) is 11.4 Å². The van der Waals surface area contributed by atoms with Crippen LogP contribution in [0.5, 0.6) is 0 Å². The first kappa shape index (κ1) is 23.8. The van der Waals surface area contributed by atoms with Crippen molar-refractivity contribution in [3.05, 3.63) is 34.4 Å². The number of non-ortho nitro benzene ring substituents is 1. The van der Waals surface area contributed by atoms with Crippen molar-refractivity contribution in [2.45, 2.75) is 32.7 Å². The first-order valence-electron chi connectivity index (χ1n) is 11.5. The summed E-state index contributed by atoms with van der Waals surface area (Å²) < 4.78 is 0. The number of nitro benzene ring substituents is 1. The molecule has 1 amide bonds. The lowest BCUT2D eigenvalue weighted by Gasteiger charge is -2.39. The van der Waals surface area contributed by atoms with Gasteiger partial charge >= 0.3 is 0 Å². The number of nitrogens with one attached hydrogen (secondary N) is 2. The zero-order chi connectivity index (χ0) is 22.9. The van der Waals surface area contributed by atoms with E-state index in [1.165, 1.54) is 12.1 Å². The number of nitro groups is 1. The summed E-state index contributed by atoms with van der Waals surface area (Å²) in [5, 5.41) is 17.4. The zero-order valence-corrected chi connectivity index (χ0v) is 19.1. The van der Waals surface area contributed by atoms with Gasteiger partial charge in [-0.2, -0.15) is 0 Å². The van der Waals surface area contributed by atoms with Crippen LogP contribution in [0.2, 0.25) is 0 Å². The molecule has 1 aromatic carbocycles. The molecule has 2 saturated heterocycles. The SMILES string of the molecule is CCNC(=NCCNc1ccc([N+](=O)[O-])cc1)N1CCN(C(C)C(=O)N2CCCC2)CC1. The second-order valence-electron chi connectivity index (χ2n) is 8.20. The summed E-state index contributed by atoms with van der Waals surface area (Å²) in [6, 6.07) is 6.32. The highest BCUT2D eigenvalue weighted by Crippen LogP contribution is 2.16. The van der Waals surface area contributed by atoms with E-state index in [0.717, 1.165) is 70.3 Å². The molecule has 176 valence electrons. The van der Waals surface area contributed by atoms with Crippen LogP contribution in [0, 0.1) is 10.1 Å². The highest BCUT2D eigenvalue weighted by Gasteiger charge is 2.30. The van der Waals surface area contributed by atoms with Crippen LogP contribution in [-0.4, -0.2) is 96.4 Å². The van der Waals surface area contributed by atoms with E-state index in [1.807, 2.05) is 11.8 Å². The van der Waals surface area contributed by atoms with Crippen LogP contribution in [0.15, 0.2) is 29.3 Å². The van der Waals surface area contributed by atoms with Gasteiger partial charge in [-0.1, -0.05) is 0 Å². The first-order chi connectivity index (χ1) is 15.5. The summed E-state index contributed by atoms with van der Waals surface area (Å²) >= 11 is 0. The Hall–Kier alpha value is -2.88. The number of benzene rings is 1. The predicted octanol–water partition coefficient (Wildman–Crippen LogP) is 1.60. The van der Waals surface area contributed by atoms with E-state index in [1.54, 1.807) is 12.1 Å². The van der Waals surface area contributed by atoms with Crippen molar-refractivity contribution < 1.29 is 9.72 Å². The number of hydrogen-bond donors (Lipinski definition) is 2. The number of anilines is 1. The molecule has 0 aliphatic carbocycles. The van der Waals surface area contributed by atoms with Crippen molar-refractivity contribution in [3.63, 3.8) is 0 Å². The summed E-state index contributed by atoms with van der Waals surface area (Å²) in [4.78, 5) is 34.3. The second-order valence-corrected chi connectivity index (χ2v) is 8.20. The van der Waals surface area contributed by atoms with Crippen molar-refractivity contribution in [3.8, 4) is 0 Å². The van der Waals surface area contributed by atoms with Gasteiger partial charge in [0.15, 0.2) is 5.96 Å². The quantitative estimate of drug-likeness (QED) is 0.206. The van der Waals surface area contributed by atoms with E-state index in [2.05, 4.69) is 27.4 Å². The minimum absolute atomic E-state index is 0.0688. The number of carbonyl (C=O) groups excluding carboxylic acids is 1. The number of amides is 1. The summed E-state index contributed by atoms with van der Waals surface area (Å²) in [7, 11) is 0. The molecule has 0 aromatic heterocycles. The molecule has 2 heterocycles. The van der Waals surface area contributed by atoms with E-state index in [0.29, 0.717) is 13.1 Å². The molecular weight excluding hydrogens is 410 g/mol. The smallest absolute Gasteiger partial charge is 0.269 e. The Kier molecular flexibility index (Phi) is 8.66. The van der Waals surface area contributed by atoms with E-state index < -0.39 is 4.92 Å². The third-order valence-corrected chi connectivity index (χ3v) is 6.05. The minimum Gasteiger partial charge on any atom is -0.383 e. The van der Waals surface area contributed by atoms with Gasteiger partial charge in [0.25, 0.3) is 5.69 Å². The fourth-order valence-electron chi connectivity index (χ4n) is 4.17. The molecule has 2 aliphatic heterocycles. The average molecular weight is 446 g/mol. The highest BCUT2D eigenvalue weighted by atomic mass is 16.6. The largest absolute Gasteiger partial charge is 0.383 e.